The molecule has 5 heteroatoms. The van der Waals surface area contributed by atoms with E-state index in [1.165, 1.54) is 0 Å². The summed E-state index contributed by atoms with van der Waals surface area (Å²) >= 11 is 0. The molecule has 132 valence electrons. The highest BCUT2D eigenvalue weighted by molar-refractivity contribution is 5.97. The van der Waals surface area contributed by atoms with Gasteiger partial charge in [-0.15, -0.1) is 0 Å². The van der Waals surface area contributed by atoms with E-state index in [0.717, 1.165) is 24.1 Å². The number of benzene rings is 2. The van der Waals surface area contributed by atoms with Gasteiger partial charge in [-0.25, -0.2) is 4.79 Å². The van der Waals surface area contributed by atoms with Crippen LogP contribution in [0.3, 0.4) is 0 Å². The Hall–Kier alpha value is -2.82. The van der Waals surface area contributed by atoms with Gasteiger partial charge in [-0.3, -0.25) is 4.79 Å². The van der Waals surface area contributed by atoms with Gasteiger partial charge in [0.2, 0.25) is 5.91 Å². The van der Waals surface area contributed by atoms with Crippen LogP contribution in [0.2, 0.25) is 0 Å². The van der Waals surface area contributed by atoms with Crippen molar-refractivity contribution < 1.29 is 19.4 Å². The smallest absolute Gasteiger partial charge is 0.341 e. The van der Waals surface area contributed by atoms with Crippen molar-refractivity contribution in [3.05, 3.63) is 60.2 Å². The fourth-order valence-electron chi connectivity index (χ4n) is 2.68. The Morgan fingerprint density at radius 3 is 2.28 bits per heavy atom. The lowest BCUT2D eigenvalue weighted by Gasteiger charge is -2.24. The number of carboxylic acid groups (broad SMARTS) is 1. The number of rotatable bonds is 8. The van der Waals surface area contributed by atoms with E-state index in [0.29, 0.717) is 5.75 Å². The molecule has 5 nitrogen and oxygen atoms in total. The number of amides is 1. The van der Waals surface area contributed by atoms with Crippen molar-refractivity contribution in [2.75, 3.05) is 18.6 Å². The molecule has 0 fully saturated rings. The number of nitrogens with zero attached hydrogens (tertiary/aromatic N) is 1. The standard InChI is InChI=1S/C20H23NO4/c1-3-7-18(15-8-5-4-6-9-15)20(24)21(2)16-10-12-17(13-11-16)25-14-19(22)23/h4-6,8-13,18H,3,7,14H2,1-2H3,(H,22,23). The highest BCUT2D eigenvalue weighted by Gasteiger charge is 2.23. The number of hydrogen-bond acceptors (Lipinski definition) is 3. The summed E-state index contributed by atoms with van der Waals surface area (Å²) in [7, 11) is 1.75. The summed E-state index contributed by atoms with van der Waals surface area (Å²) in [6.07, 6.45) is 1.70. The lowest BCUT2D eigenvalue weighted by atomic mass is 9.93. The molecule has 0 saturated carbocycles. The zero-order valence-electron chi connectivity index (χ0n) is 14.5. The van der Waals surface area contributed by atoms with Gasteiger partial charge >= 0.3 is 5.97 Å². The van der Waals surface area contributed by atoms with Crippen LogP contribution in [0.25, 0.3) is 0 Å². The average Bonchev–Trinajstić information content (AvgIpc) is 2.64. The van der Waals surface area contributed by atoms with Crippen LogP contribution in [0.15, 0.2) is 54.6 Å². The first-order valence-corrected chi connectivity index (χ1v) is 8.30. The van der Waals surface area contributed by atoms with E-state index in [-0.39, 0.29) is 18.4 Å². The molecule has 1 amide bonds. The average molecular weight is 341 g/mol. The molecule has 0 radical (unpaired) electrons. The molecule has 2 aromatic carbocycles. The molecule has 0 aliphatic rings. The van der Waals surface area contributed by atoms with Gasteiger partial charge in [-0.05, 0) is 36.2 Å². The number of carboxylic acids is 1. The van der Waals surface area contributed by atoms with E-state index >= 15 is 0 Å². The first-order valence-electron chi connectivity index (χ1n) is 8.30. The van der Waals surface area contributed by atoms with Crippen molar-refractivity contribution in [2.24, 2.45) is 0 Å². The minimum atomic E-state index is -1.03. The predicted molar refractivity (Wildman–Crippen MR) is 97.1 cm³/mol. The molecule has 0 heterocycles. The van der Waals surface area contributed by atoms with Crippen LogP contribution >= 0.6 is 0 Å². The van der Waals surface area contributed by atoms with Gasteiger partial charge in [0.25, 0.3) is 0 Å². The number of ether oxygens (including phenoxy) is 1. The number of aliphatic carboxylic acids is 1. The van der Waals surface area contributed by atoms with Gasteiger partial charge in [0.1, 0.15) is 5.75 Å². The van der Waals surface area contributed by atoms with Crippen molar-refractivity contribution in [1.29, 1.82) is 0 Å². The number of anilines is 1. The SMILES string of the molecule is CCCC(C(=O)N(C)c1ccc(OCC(=O)O)cc1)c1ccccc1. The number of likely N-dealkylation sites (N-methyl/N-ethyl adjacent to an activating group) is 1. The summed E-state index contributed by atoms with van der Waals surface area (Å²) in [5, 5.41) is 8.63. The molecule has 1 atom stereocenters. The summed E-state index contributed by atoms with van der Waals surface area (Å²) in [5.41, 5.74) is 1.76. The highest BCUT2D eigenvalue weighted by Crippen LogP contribution is 2.27. The Morgan fingerprint density at radius 1 is 1.08 bits per heavy atom. The Bertz CT molecular complexity index is 697. The van der Waals surface area contributed by atoms with E-state index in [1.807, 2.05) is 30.3 Å². The molecular weight excluding hydrogens is 318 g/mol. The van der Waals surface area contributed by atoms with Gasteiger partial charge in [-0.1, -0.05) is 43.7 Å². The minimum absolute atomic E-state index is 0.0345. The summed E-state index contributed by atoms with van der Waals surface area (Å²) < 4.78 is 5.11. The lowest BCUT2D eigenvalue weighted by molar-refractivity contribution is -0.139. The van der Waals surface area contributed by atoms with Crippen LogP contribution in [0.4, 0.5) is 5.69 Å². The summed E-state index contributed by atoms with van der Waals surface area (Å²) in [6.45, 7) is 1.68. The molecule has 25 heavy (non-hydrogen) atoms. The molecule has 0 aliphatic heterocycles. The largest absolute Gasteiger partial charge is 0.482 e. The molecular formula is C20H23NO4. The Labute approximate surface area is 147 Å². The topological polar surface area (TPSA) is 66.8 Å². The van der Waals surface area contributed by atoms with Gasteiger partial charge in [0.15, 0.2) is 6.61 Å². The fourth-order valence-corrected chi connectivity index (χ4v) is 2.68. The van der Waals surface area contributed by atoms with Gasteiger partial charge in [0.05, 0.1) is 5.92 Å². The van der Waals surface area contributed by atoms with Gasteiger partial charge in [0, 0.05) is 12.7 Å². The molecule has 0 spiro atoms. The highest BCUT2D eigenvalue weighted by atomic mass is 16.5. The molecule has 2 aromatic rings. The van der Waals surface area contributed by atoms with Crippen molar-refractivity contribution in [1.82, 2.24) is 0 Å². The minimum Gasteiger partial charge on any atom is -0.482 e. The van der Waals surface area contributed by atoms with Crippen LogP contribution in [-0.2, 0) is 9.59 Å². The van der Waals surface area contributed by atoms with Crippen molar-refractivity contribution in [2.45, 2.75) is 25.7 Å². The van der Waals surface area contributed by atoms with E-state index in [2.05, 4.69) is 6.92 Å². The van der Waals surface area contributed by atoms with E-state index in [1.54, 1.807) is 36.2 Å². The first-order chi connectivity index (χ1) is 12.0. The molecule has 2 rings (SSSR count). The van der Waals surface area contributed by atoms with Crippen molar-refractivity contribution in [3.63, 3.8) is 0 Å². The zero-order chi connectivity index (χ0) is 18.2. The van der Waals surface area contributed by atoms with E-state index < -0.39 is 5.97 Å². The maximum Gasteiger partial charge on any atom is 0.341 e. The van der Waals surface area contributed by atoms with Crippen molar-refractivity contribution in [3.8, 4) is 5.75 Å². The quantitative estimate of drug-likeness (QED) is 0.795. The van der Waals surface area contributed by atoms with E-state index in [4.69, 9.17) is 9.84 Å². The second-order valence-corrected chi connectivity index (χ2v) is 5.83. The third kappa shape index (κ3) is 5.08. The molecule has 0 saturated heterocycles. The summed E-state index contributed by atoms with van der Waals surface area (Å²) in [6, 6.07) is 16.6. The number of hydrogen-bond donors (Lipinski definition) is 1. The third-order valence-corrected chi connectivity index (χ3v) is 3.99. The number of carbonyl (C=O) groups excluding carboxylic acids is 1. The Morgan fingerprint density at radius 2 is 1.72 bits per heavy atom. The zero-order valence-corrected chi connectivity index (χ0v) is 14.5. The van der Waals surface area contributed by atoms with Crippen molar-refractivity contribution >= 4 is 17.6 Å². The predicted octanol–water partition coefficient (Wildman–Crippen LogP) is 3.70. The first kappa shape index (κ1) is 18.5. The maximum absolute atomic E-state index is 13.0. The fraction of sp³-hybridized carbons (Fsp3) is 0.300. The molecule has 1 unspecified atom stereocenters. The Balaban J connectivity index is 2.13. The van der Waals surface area contributed by atoms with Crippen LogP contribution in [-0.4, -0.2) is 30.6 Å². The summed E-state index contributed by atoms with van der Waals surface area (Å²) in [5.74, 6) is -0.715. The van der Waals surface area contributed by atoms with Gasteiger partial charge < -0.3 is 14.7 Å². The number of carbonyl (C=O) groups is 2. The monoisotopic (exact) mass is 341 g/mol. The van der Waals surface area contributed by atoms with Crippen LogP contribution in [0.5, 0.6) is 5.75 Å². The molecule has 0 aromatic heterocycles. The summed E-state index contributed by atoms with van der Waals surface area (Å²) in [4.78, 5) is 25.1. The lowest BCUT2D eigenvalue weighted by Crippen LogP contribution is -2.31. The second kappa shape index (κ2) is 8.87. The van der Waals surface area contributed by atoms with Gasteiger partial charge in [-0.2, -0.15) is 0 Å². The Kier molecular flexibility index (Phi) is 6.57. The molecule has 1 N–H and O–H groups in total. The van der Waals surface area contributed by atoms with E-state index in [9.17, 15) is 9.59 Å². The maximum atomic E-state index is 13.0. The van der Waals surface area contributed by atoms with Crippen LogP contribution in [0.1, 0.15) is 31.2 Å². The third-order valence-electron chi connectivity index (χ3n) is 3.99. The molecule has 0 bridgehead atoms. The van der Waals surface area contributed by atoms with Crippen LogP contribution < -0.4 is 9.64 Å². The second-order valence-electron chi connectivity index (χ2n) is 5.83. The normalized spacial score (nSPS) is 11.6. The molecule has 0 aliphatic carbocycles. The van der Waals surface area contributed by atoms with Crippen LogP contribution in [0, 0.1) is 0 Å².